The highest BCUT2D eigenvalue weighted by atomic mass is 16.7. The van der Waals surface area contributed by atoms with E-state index in [9.17, 15) is 9.59 Å². The topological polar surface area (TPSA) is 81.9 Å². The Kier molecular flexibility index (Phi) is 3.72. The molecular weight excluding hydrogens is 358 g/mol. The number of fused-ring (bicyclic) bond motifs is 3. The van der Waals surface area contributed by atoms with Crippen molar-refractivity contribution in [2.75, 3.05) is 6.79 Å². The molecule has 0 aliphatic carbocycles. The molecule has 7 nitrogen and oxygen atoms in total. The molecule has 1 N–H and O–H groups in total. The zero-order chi connectivity index (χ0) is 19.1. The fourth-order valence-corrected chi connectivity index (χ4v) is 3.28. The molecule has 1 amide bonds. The molecule has 28 heavy (non-hydrogen) atoms. The molecule has 1 aliphatic heterocycles. The van der Waals surface area contributed by atoms with E-state index in [0.717, 1.165) is 5.56 Å². The Morgan fingerprint density at radius 2 is 1.93 bits per heavy atom. The van der Waals surface area contributed by atoms with Crippen LogP contribution in [0.2, 0.25) is 0 Å². The molecule has 7 heteroatoms. The second-order valence-electron chi connectivity index (χ2n) is 6.42. The summed E-state index contributed by atoms with van der Waals surface area (Å²) in [6.07, 6.45) is 1.62. The van der Waals surface area contributed by atoms with E-state index < -0.39 is 0 Å². The number of carbonyl (C=O) groups excluding carboxylic acids is 1. The molecule has 2 aromatic carbocycles. The molecule has 4 aromatic rings. The number of amides is 1. The van der Waals surface area contributed by atoms with Crippen molar-refractivity contribution in [2.45, 2.75) is 6.54 Å². The normalized spacial score (nSPS) is 12.4. The molecule has 1 aliphatic rings. The molecule has 138 valence electrons. The molecule has 0 unspecified atom stereocenters. The van der Waals surface area contributed by atoms with E-state index in [1.807, 2.05) is 24.3 Å². The molecule has 0 saturated heterocycles. The third kappa shape index (κ3) is 2.64. The van der Waals surface area contributed by atoms with E-state index in [1.165, 1.54) is 4.40 Å². The summed E-state index contributed by atoms with van der Waals surface area (Å²) in [5.41, 5.74) is 1.91. The van der Waals surface area contributed by atoms with Gasteiger partial charge in [-0.1, -0.05) is 18.2 Å². The van der Waals surface area contributed by atoms with Crippen LogP contribution in [-0.2, 0) is 6.54 Å². The molecule has 3 heterocycles. The second kappa shape index (κ2) is 6.38. The smallest absolute Gasteiger partial charge is 0.265 e. The minimum absolute atomic E-state index is 0.203. The summed E-state index contributed by atoms with van der Waals surface area (Å²) in [4.78, 5) is 30.0. The van der Waals surface area contributed by atoms with Gasteiger partial charge in [-0.2, -0.15) is 0 Å². The Morgan fingerprint density at radius 3 is 2.86 bits per heavy atom. The van der Waals surface area contributed by atoms with E-state index in [0.29, 0.717) is 40.2 Å². The van der Waals surface area contributed by atoms with Crippen LogP contribution in [0.1, 0.15) is 15.9 Å². The SMILES string of the molecule is O=C(NCc1ccc2c(c1)OCO2)c1cccn2c(=O)c3ccccc3nc12. The summed E-state index contributed by atoms with van der Waals surface area (Å²) in [6.45, 7) is 0.518. The molecule has 2 aromatic heterocycles. The van der Waals surface area contributed by atoms with Gasteiger partial charge in [-0.25, -0.2) is 4.98 Å². The Hall–Kier alpha value is -3.87. The highest BCUT2D eigenvalue weighted by Crippen LogP contribution is 2.32. The average Bonchev–Trinajstić information content (AvgIpc) is 3.20. The number of rotatable bonds is 3. The Balaban J connectivity index is 1.48. The number of nitrogens with zero attached hydrogens (tertiary/aromatic N) is 2. The standard InChI is InChI=1S/C21H15N3O4/c25-20(22-11-13-7-8-17-18(10-13)28-12-27-17)15-5-3-9-24-19(15)23-16-6-2-1-4-14(16)21(24)26/h1-10H,11-12H2,(H,22,25). The quantitative estimate of drug-likeness (QED) is 0.558. The van der Waals surface area contributed by atoms with Gasteiger partial charge in [0.1, 0.15) is 0 Å². The van der Waals surface area contributed by atoms with Crippen molar-refractivity contribution in [3.8, 4) is 11.5 Å². The number of ether oxygens (including phenoxy) is 2. The third-order valence-corrected chi connectivity index (χ3v) is 4.68. The van der Waals surface area contributed by atoms with Crippen molar-refractivity contribution in [3.63, 3.8) is 0 Å². The van der Waals surface area contributed by atoms with E-state index in [4.69, 9.17) is 9.47 Å². The number of benzene rings is 2. The molecule has 0 fully saturated rings. The lowest BCUT2D eigenvalue weighted by atomic mass is 10.2. The third-order valence-electron chi connectivity index (χ3n) is 4.68. The highest BCUT2D eigenvalue weighted by Gasteiger charge is 2.16. The molecule has 0 atom stereocenters. The zero-order valence-electron chi connectivity index (χ0n) is 14.7. The summed E-state index contributed by atoms with van der Waals surface area (Å²) < 4.78 is 12.1. The van der Waals surface area contributed by atoms with Crippen molar-refractivity contribution < 1.29 is 14.3 Å². The first-order chi connectivity index (χ1) is 13.7. The van der Waals surface area contributed by atoms with Gasteiger partial charge < -0.3 is 14.8 Å². The molecule has 0 bridgehead atoms. The maximum absolute atomic E-state index is 12.8. The lowest BCUT2D eigenvalue weighted by molar-refractivity contribution is 0.0952. The molecular formula is C21H15N3O4. The summed E-state index contributed by atoms with van der Waals surface area (Å²) in [6, 6.07) is 15.9. The number of hydrogen-bond donors (Lipinski definition) is 1. The number of carbonyl (C=O) groups is 1. The maximum atomic E-state index is 12.8. The second-order valence-corrected chi connectivity index (χ2v) is 6.42. The van der Waals surface area contributed by atoms with Gasteiger partial charge in [-0.05, 0) is 42.0 Å². The summed E-state index contributed by atoms with van der Waals surface area (Å²) in [7, 11) is 0. The summed E-state index contributed by atoms with van der Waals surface area (Å²) >= 11 is 0. The summed E-state index contributed by atoms with van der Waals surface area (Å²) in [5.74, 6) is 1.05. The fourth-order valence-electron chi connectivity index (χ4n) is 3.28. The van der Waals surface area contributed by atoms with Crippen LogP contribution in [0, 0.1) is 0 Å². The monoisotopic (exact) mass is 373 g/mol. The number of aromatic nitrogens is 2. The Morgan fingerprint density at radius 1 is 1.07 bits per heavy atom. The van der Waals surface area contributed by atoms with E-state index in [-0.39, 0.29) is 18.3 Å². The zero-order valence-corrected chi connectivity index (χ0v) is 14.7. The minimum Gasteiger partial charge on any atom is -0.454 e. The van der Waals surface area contributed by atoms with Gasteiger partial charge in [0, 0.05) is 12.7 Å². The van der Waals surface area contributed by atoms with E-state index in [2.05, 4.69) is 10.3 Å². The van der Waals surface area contributed by atoms with Gasteiger partial charge in [0.25, 0.3) is 11.5 Å². The van der Waals surface area contributed by atoms with Crippen LogP contribution >= 0.6 is 0 Å². The van der Waals surface area contributed by atoms with Crippen LogP contribution in [0.4, 0.5) is 0 Å². The maximum Gasteiger partial charge on any atom is 0.265 e. The van der Waals surface area contributed by atoms with Crippen LogP contribution in [0.5, 0.6) is 11.5 Å². The van der Waals surface area contributed by atoms with Crippen LogP contribution in [0.15, 0.2) is 65.6 Å². The number of para-hydroxylation sites is 1. The molecule has 0 spiro atoms. The van der Waals surface area contributed by atoms with Crippen LogP contribution < -0.4 is 20.3 Å². The molecule has 0 saturated carbocycles. The number of pyridine rings is 1. The van der Waals surface area contributed by atoms with Crippen molar-refractivity contribution in [1.29, 1.82) is 0 Å². The van der Waals surface area contributed by atoms with E-state index >= 15 is 0 Å². The van der Waals surface area contributed by atoms with Gasteiger partial charge in [0.2, 0.25) is 6.79 Å². The van der Waals surface area contributed by atoms with Crippen LogP contribution in [0.3, 0.4) is 0 Å². The van der Waals surface area contributed by atoms with Crippen molar-refractivity contribution in [1.82, 2.24) is 14.7 Å². The first-order valence-electron chi connectivity index (χ1n) is 8.77. The van der Waals surface area contributed by atoms with Gasteiger partial charge in [-0.3, -0.25) is 14.0 Å². The average molecular weight is 373 g/mol. The molecule has 5 rings (SSSR count). The predicted molar refractivity (Wildman–Crippen MR) is 103 cm³/mol. The predicted octanol–water partition coefficient (Wildman–Crippen LogP) is 2.51. The van der Waals surface area contributed by atoms with Crippen LogP contribution in [0.25, 0.3) is 16.6 Å². The molecule has 0 radical (unpaired) electrons. The lowest BCUT2D eigenvalue weighted by Gasteiger charge is -2.10. The highest BCUT2D eigenvalue weighted by molar-refractivity contribution is 6.00. The van der Waals surface area contributed by atoms with Gasteiger partial charge in [-0.15, -0.1) is 0 Å². The minimum atomic E-state index is -0.307. The number of nitrogens with one attached hydrogen (secondary N) is 1. The van der Waals surface area contributed by atoms with Crippen molar-refractivity contribution >= 4 is 22.5 Å². The van der Waals surface area contributed by atoms with E-state index in [1.54, 1.807) is 36.5 Å². The summed E-state index contributed by atoms with van der Waals surface area (Å²) in [5, 5.41) is 3.39. The van der Waals surface area contributed by atoms with Gasteiger partial charge >= 0.3 is 0 Å². The first-order valence-corrected chi connectivity index (χ1v) is 8.77. The largest absolute Gasteiger partial charge is 0.454 e. The number of hydrogen-bond acceptors (Lipinski definition) is 5. The Labute approximate surface area is 159 Å². The first kappa shape index (κ1) is 16.3. The van der Waals surface area contributed by atoms with Crippen molar-refractivity contribution in [3.05, 3.63) is 82.3 Å². The lowest BCUT2D eigenvalue weighted by Crippen LogP contribution is -2.25. The Bertz CT molecular complexity index is 1300. The van der Waals surface area contributed by atoms with Crippen molar-refractivity contribution in [2.24, 2.45) is 0 Å². The van der Waals surface area contributed by atoms with Gasteiger partial charge in [0.05, 0.1) is 16.5 Å². The fraction of sp³-hybridized carbons (Fsp3) is 0.0952. The van der Waals surface area contributed by atoms with Gasteiger partial charge in [0.15, 0.2) is 17.1 Å². The van der Waals surface area contributed by atoms with Crippen LogP contribution in [-0.4, -0.2) is 22.1 Å².